The highest BCUT2D eigenvalue weighted by atomic mass is 127. The van der Waals surface area contributed by atoms with Gasteiger partial charge in [-0.25, -0.2) is 14.6 Å². The number of ether oxygens (including phenoxy) is 3. The number of aromatic nitrogens is 1. The maximum absolute atomic E-state index is 13.2. The fraction of sp³-hybridized carbons (Fsp3) is 0.364. The Hall–Kier alpha value is -2.55. The zero-order valence-corrected chi connectivity index (χ0v) is 21.2. The quantitative estimate of drug-likeness (QED) is 0.366. The Balaban J connectivity index is 1.79. The highest BCUT2D eigenvalue weighted by molar-refractivity contribution is 14.1. The SMILES string of the molecule is CCOC(=O)C1=C(CN2CCOC[C@@H]2OC(=O)O)NC(c2nccs2)=N[C@H]1c1ccccc1I. The zero-order valence-electron chi connectivity index (χ0n) is 18.3. The van der Waals surface area contributed by atoms with Crippen molar-refractivity contribution < 1.29 is 28.9 Å². The molecule has 3 heterocycles. The van der Waals surface area contributed by atoms with E-state index >= 15 is 0 Å². The normalized spacial score (nSPS) is 20.9. The van der Waals surface area contributed by atoms with Gasteiger partial charge in [0.15, 0.2) is 17.1 Å². The third-order valence-corrected chi connectivity index (χ3v) is 7.01. The van der Waals surface area contributed by atoms with Gasteiger partial charge in [0.05, 0.1) is 25.4 Å². The molecule has 0 radical (unpaired) electrons. The molecule has 0 saturated carbocycles. The number of nitrogens with zero attached hydrogens (tertiary/aromatic N) is 3. The molecule has 2 aliphatic heterocycles. The minimum absolute atomic E-state index is 0.0990. The second kappa shape index (κ2) is 11.3. The van der Waals surface area contributed by atoms with Crippen molar-refractivity contribution in [2.24, 2.45) is 4.99 Å². The second-order valence-corrected chi connectivity index (χ2v) is 9.42. The van der Waals surface area contributed by atoms with Crippen LogP contribution in [0.5, 0.6) is 0 Å². The Labute approximate surface area is 213 Å². The molecule has 10 nitrogen and oxygen atoms in total. The maximum atomic E-state index is 13.2. The van der Waals surface area contributed by atoms with Crippen molar-refractivity contribution in [3.8, 4) is 0 Å². The number of thiazole rings is 1. The van der Waals surface area contributed by atoms with Crippen LogP contribution in [0, 0.1) is 3.57 Å². The van der Waals surface area contributed by atoms with Gasteiger partial charge >= 0.3 is 12.1 Å². The molecule has 2 aliphatic rings. The summed E-state index contributed by atoms with van der Waals surface area (Å²) in [6.45, 7) is 3.10. The third kappa shape index (κ3) is 5.56. The number of aliphatic imine (C=N–C) groups is 1. The van der Waals surface area contributed by atoms with Gasteiger partial charge < -0.3 is 24.6 Å². The molecule has 4 rings (SSSR count). The van der Waals surface area contributed by atoms with Gasteiger partial charge in [-0.2, -0.15) is 0 Å². The highest BCUT2D eigenvalue weighted by Crippen LogP contribution is 2.35. The lowest BCUT2D eigenvalue weighted by molar-refractivity contribution is -0.139. The van der Waals surface area contributed by atoms with Crippen molar-refractivity contribution in [1.29, 1.82) is 0 Å². The number of halogens is 1. The predicted octanol–water partition coefficient (Wildman–Crippen LogP) is 3.01. The summed E-state index contributed by atoms with van der Waals surface area (Å²) in [7, 11) is 0. The molecule has 2 atom stereocenters. The molecule has 34 heavy (non-hydrogen) atoms. The number of esters is 1. The van der Waals surface area contributed by atoms with E-state index in [1.165, 1.54) is 11.3 Å². The van der Waals surface area contributed by atoms with Crippen molar-refractivity contribution in [2.75, 3.05) is 32.9 Å². The number of hydrogen-bond donors (Lipinski definition) is 2. The van der Waals surface area contributed by atoms with E-state index in [0.29, 0.717) is 35.3 Å². The van der Waals surface area contributed by atoms with E-state index in [0.717, 1.165) is 9.13 Å². The van der Waals surface area contributed by atoms with Gasteiger partial charge in [-0.05, 0) is 41.1 Å². The van der Waals surface area contributed by atoms with E-state index in [1.54, 1.807) is 13.1 Å². The van der Waals surface area contributed by atoms with E-state index in [4.69, 9.17) is 24.3 Å². The second-order valence-electron chi connectivity index (χ2n) is 7.36. The van der Waals surface area contributed by atoms with Crippen molar-refractivity contribution >= 4 is 51.9 Å². The van der Waals surface area contributed by atoms with Crippen LogP contribution in [0.4, 0.5) is 4.79 Å². The number of rotatable bonds is 7. The molecule has 0 aliphatic carbocycles. The Morgan fingerprint density at radius 3 is 2.91 bits per heavy atom. The number of carbonyl (C=O) groups is 2. The first kappa shape index (κ1) is 24.6. The van der Waals surface area contributed by atoms with Crippen molar-refractivity contribution in [2.45, 2.75) is 19.2 Å². The predicted molar refractivity (Wildman–Crippen MR) is 133 cm³/mol. The van der Waals surface area contributed by atoms with Crippen LogP contribution in [0.1, 0.15) is 23.5 Å². The number of morpholine rings is 1. The summed E-state index contributed by atoms with van der Waals surface area (Å²) in [6, 6.07) is 7.09. The lowest BCUT2D eigenvalue weighted by atomic mass is 9.95. The number of carboxylic acid groups (broad SMARTS) is 1. The standard InChI is InChI=1S/C22H23IN4O6S/c1-2-32-21(28)17-15(11-27-8-9-31-12-16(27)33-22(29)30)25-19(20-24-7-10-34-20)26-18(17)13-5-3-4-6-14(13)23/h3-7,10,16,18H,2,8-9,11-12H2,1H3,(H,25,26)(H,29,30)/t16-,18-/m0/s1. The van der Waals surface area contributed by atoms with Crippen molar-refractivity contribution in [3.63, 3.8) is 0 Å². The average molecular weight is 598 g/mol. The summed E-state index contributed by atoms with van der Waals surface area (Å²) in [4.78, 5) is 35.5. The fourth-order valence-corrected chi connectivity index (χ4v) is 5.03. The average Bonchev–Trinajstić information content (AvgIpc) is 3.35. The Kier molecular flexibility index (Phi) is 8.13. The molecule has 12 heteroatoms. The van der Waals surface area contributed by atoms with Gasteiger partial charge in [0, 0.05) is 33.9 Å². The molecule has 2 N–H and O–H groups in total. The smallest absolute Gasteiger partial charge is 0.463 e. The number of hydrogen-bond acceptors (Lipinski definition) is 10. The van der Waals surface area contributed by atoms with Crippen LogP contribution in [0.15, 0.2) is 52.1 Å². The van der Waals surface area contributed by atoms with Crippen LogP contribution >= 0.6 is 33.9 Å². The van der Waals surface area contributed by atoms with E-state index in [1.807, 2.05) is 34.5 Å². The van der Waals surface area contributed by atoms with Crippen LogP contribution in [-0.4, -0.2) is 72.1 Å². The largest absolute Gasteiger partial charge is 0.507 e. The summed E-state index contributed by atoms with van der Waals surface area (Å²) in [5.41, 5.74) is 1.79. The first-order chi connectivity index (χ1) is 16.5. The molecule has 1 saturated heterocycles. The van der Waals surface area contributed by atoms with Crippen LogP contribution < -0.4 is 5.32 Å². The molecule has 1 fully saturated rings. The molecule has 180 valence electrons. The van der Waals surface area contributed by atoms with Gasteiger partial charge in [0.25, 0.3) is 0 Å². The molecule has 0 unspecified atom stereocenters. The van der Waals surface area contributed by atoms with E-state index < -0.39 is 24.4 Å². The molecule has 0 bridgehead atoms. The number of nitrogens with one attached hydrogen (secondary N) is 1. The van der Waals surface area contributed by atoms with Crippen LogP contribution in [-0.2, 0) is 19.0 Å². The van der Waals surface area contributed by atoms with Crippen molar-refractivity contribution in [1.82, 2.24) is 15.2 Å². The number of carbonyl (C=O) groups excluding carboxylic acids is 1. The molecule has 0 spiro atoms. The van der Waals surface area contributed by atoms with Gasteiger partial charge in [0.1, 0.15) is 6.04 Å². The summed E-state index contributed by atoms with van der Waals surface area (Å²) in [5.74, 6) is 0.0484. The Morgan fingerprint density at radius 1 is 1.38 bits per heavy atom. The lowest BCUT2D eigenvalue weighted by Gasteiger charge is -2.36. The molecular weight excluding hydrogens is 575 g/mol. The van der Waals surface area contributed by atoms with Crippen LogP contribution in [0.25, 0.3) is 0 Å². The van der Waals surface area contributed by atoms with Crippen LogP contribution in [0.3, 0.4) is 0 Å². The van der Waals surface area contributed by atoms with E-state index in [9.17, 15) is 9.59 Å². The first-order valence-corrected chi connectivity index (χ1v) is 12.5. The summed E-state index contributed by atoms with van der Waals surface area (Å²) in [6.07, 6.45) is -0.506. The Bertz CT molecular complexity index is 1110. The molecule has 2 aromatic rings. The first-order valence-electron chi connectivity index (χ1n) is 10.6. The molecular formula is C22H23IN4O6S. The molecule has 1 aromatic carbocycles. The minimum Gasteiger partial charge on any atom is -0.463 e. The summed E-state index contributed by atoms with van der Waals surface area (Å²) in [5, 5.41) is 15.0. The number of benzene rings is 1. The van der Waals surface area contributed by atoms with Gasteiger partial charge in [-0.1, -0.05) is 18.2 Å². The van der Waals surface area contributed by atoms with Crippen LogP contribution in [0.2, 0.25) is 0 Å². The van der Waals surface area contributed by atoms with E-state index in [-0.39, 0.29) is 19.8 Å². The topological polar surface area (TPSA) is 123 Å². The zero-order chi connectivity index (χ0) is 24.1. The van der Waals surface area contributed by atoms with E-state index in [2.05, 4.69) is 32.9 Å². The third-order valence-electron chi connectivity index (χ3n) is 5.24. The monoisotopic (exact) mass is 598 g/mol. The summed E-state index contributed by atoms with van der Waals surface area (Å²) >= 11 is 3.65. The van der Waals surface area contributed by atoms with Gasteiger partial charge in [0.2, 0.25) is 0 Å². The minimum atomic E-state index is -1.39. The molecule has 1 aromatic heterocycles. The lowest BCUT2D eigenvalue weighted by Crippen LogP contribution is -2.50. The Morgan fingerprint density at radius 2 is 2.21 bits per heavy atom. The highest BCUT2D eigenvalue weighted by Gasteiger charge is 2.36. The summed E-state index contributed by atoms with van der Waals surface area (Å²) < 4.78 is 16.8. The fourth-order valence-electron chi connectivity index (χ4n) is 3.76. The number of amidine groups is 1. The molecule has 0 amide bonds. The van der Waals surface area contributed by atoms with Gasteiger partial charge in [-0.15, -0.1) is 11.3 Å². The maximum Gasteiger partial charge on any atom is 0.507 e. The van der Waals surface area contributed by atoms with Gasteiger partial charge in [-0.3, -0.25) is 9.89 Å². The van der Waals surface area contributed by atoms with Crippen molar-refractivity contribution in [3.05, 3.63) is 61.3 Å².